The van der Waals surface area contributed by atoms with E-state index in [-0.39, 0.29) is 12.4 Å². The van der Waals surface area contributed by atoms with Crippen LogP contribution in [0.5, 0.6) is 0 Å². The van der Waals surface area contributed by atoms with E-state index in [0.717, 1.165) is 17.9 Å². The lowest BCUT2D eigenvalue weighted by Crippen LogP contribution is -1.94. The van der Waals surface area contributed by atoms with Gasteiger partial charge >= 0.3 is 0 Å². The molecule has 0 atom stereocenters. The van der Waals surface area contributed by atoms with Crippen molar-refractivity contribution in [2.45, 2.75) is 32.3 Å². The van der Waals surface area contributed by atoms with Gasteiger partial charge in [-0.2, -0.15) is 0 Å². The third-order valence-corrected chi connectivity index (χ3v) is 2.82. The summed E-state index contributed by atoms with van der Waals surface area (Å²) in [5.41, 5.74) is 1.56. The molecule has 76 valence electrons. The molecule has 0 heterocycles. The van der Waals surface area contributed by atoms with Crippen molar-refractivity contribution in [2.75, 3.05) is 0 Å². The smallest absolute Gasteiger partial charge is 0.128 e. The van der Waals surface area contributed by atoms with Crippen molar-refractivity contribution in [2.24, 2.45) is 5.92 Å². The largest absolute Gasteiger partial charge is 0.392 e. The van der Waals surface area contributed by atoms with Crippen molar-refractivity contribution in [3.8, 4) is 0 Å². The normalized spacial score (nSPS) is 15.9. The molecule has 14 heavy (non-hydrogen) atoms. The lowest BCUT2D eigenvalue weighted by Gasteiger charge is -2.04. The van der Waals surface area contributed by atoms with Crippen LogP contribution in [-0.4, -0.2) is 5.11 Å². The van der Waals surface area contributed by atoms with Gasteiger partial charge in [-0.15, -0.1) is 0 Å². The first-order chi connectivity index (χ1) is 6.79. The first-order valence-corrected chi connectivity index (χ1v) is 5.18. The number of hydrogen-bond acceptors (Lipinski definition) is 1. The zero-order chi connectivity index (χ0) is 9.97. The summed E-state index contributed by atoms with van der Waals surface area (Å²) in [6.45, 7) is -0.205. The van der Waals surface area contributed by atoms with Gasteiger partial charge in [0.1, 0.15) is 5.82 Å². The highest BCUT2D eigenvalue weighted by atomic mass is 19.1. The molecule has 1 aliphatic rings. The van der Waals surface area contributed by atoms with Crippen LogP contribution >= 0.6 is 0 Å². The predicted molar refractivity (Wildman–Crippen MR) is 53.4 cm³/mol. The first-order valence-electron chi connectivity index (χ1n) is 5.18. The number of benzene rings is 1. The Morgan fingerprint density at radius 1 is 1.36 bits per heavy atom. The minimum Gasteiger partial charge on any atom is -0.392 e. The van der Waals surface area contributed by atoms with E-state index < -0.39 is 0 Å². The van der Waals surface area contributed by atoms with Crippen LogP contribution in [0.2, 0.25) is 0 Å². The van der Waals surface area contributed by atoms with E-state index in [4.69, 9.17) is 5.11 Å². The average Bonchev–Trinajstić information content (AvgIpc) is 3.00. The standard InChI is InChI=1S/C12H15FO/c13-12-6-5-10(7-11(12)8-14)4-3-9-1-2-9/h5-7,9,14H,1-4,8H2. The average molecular weight is 194 g/mol. The maximum absolute atomic E-state index is 13.0. The zero-order valence-electron chi connectivity index (χ0n) is 8.17. The molecule has 0 bridgehead atoms. The van der Waals surface area contributed by atoms with E-state index in [1.54, 1.807) is 6.07 Å². The van der Waals surface area contributed by atoms with Gasteiger partial charge in [0.2, 0.25) is 0 Å². The molecule has 0 aromatic heterocycles. The van der Waals surface area contributed by atoms with Gasteiger partial charge < -0.3 is 5.11 Å². The summed E-state index contributed by atoms with van der Waals surface area (Å²) in [5.74, 6) is 0.598. The summed E-state index contributed by atoms with van der Waals surface area (Å²) in [7, 11) is 0. The topological polar surface area (TPSA) is 20.2 Å². The number of aryl methyl sites for hydroxylation is 1. The fourth-order valence-corrected chi connectivity index (χ4v) is 1.68. The Bertz CT molecular complexity index is 318. The van der Waals surface area contributed by atoms with Crippen LogP contribution in [-0.2, 0) is 13.0 Å². The zero-order valence-corrected chi connectivity index (χ0v) is 8.17. The number of aliphatic hydroxyl groups excluding tert-OH is 1. The summed E-state index contributed by atoms with van der Waals surface area (Å²) >= 11 is 0. The number of hydrogen-bond donors (Lipinski definition) is 1. The van der Waals surface area contributed by atoms with E-state index in [1.807, 2.05) is 6.07 Å². The highest BCUT2D eigenvalue weighted by Gasteiger charge is 2.20. The van der Waals surface area contributed by atoms with Crippen molar-refractivity contribution in [1.82, 2.24) is 0 Å². The van der Waals surface area contributed by atoms with E-state index in [2.05, 4.69) is 0 Å². The van der Waals surface area contributed by atoms with E-state index in [1.165, 1.54) is 25.3 Å². The molecule has 0 aliphatic heterocycles. The Morgan fingerprint density at radius 3 is 2.79 bits per heavy atom. The maximum Gasteiger partial charge on any atom is 0.128 e. The molecular formula is C12H15FO. The molecule has 1 N–H and O–H groups in total. The van der Waals surface area contributed by atoms with E-state index >= 15 is 0 Å². The lowest BCUT2D eigenvalue weighted by molar-refractivity contribution is 0.275. The number of aliphatic hydroxyl groups is 1. The van der Waals surface area contributed by atoms with Crippen molar-refractivity contribution in [1.29, 1.82) is 0 Å². The molecule has 1 aromatic rings. The van der Waals surface area contributed by atoms with Gasteiger partial charge in [0, 0.05) is 5.56 Å². The minimum absolute atomic E-state index is 0.205. The van der Waals surface area contributed by atoms with Gasteiger partial charge in [0.25, 0.3) is 0 Å². The highest BCUT2D eigenvalue weighted by Crippen LogP contribution is 2.33. The number of rotatable bonds is 4. The third-order valence-electron chi connectivity index (χ3n) is 2.82. The highest BCUT2D eigenvalue weighted by molar-refractivity contribution is 5.24. The van der Waals surface area contributed by atoms with Crippen LogP contribution < -0.4 is 0 Å². The molecule has 1 fully saturated rings. The van der Waals surface area contributed by atoms with Gasteiger partial charge in [0.15, 0.2) is 0 Å². The fraction of sp³-hybridized carbons (Fsp3) is 0.500. The Morgan fingerprint density at radius 2 is 2.14 bits per heavy atom. The van der Waals surface area contributed by atoms with Gasteiger partial charge in [0.05, 0.1) is 6.61 Å². The maximum atomic E-state index is 13.0. The number of halogens is 1. The monoisotopic (exact) mass is 194 g/mol. The molecule has 0 radical (unpaired) electrons. The molecule has 1 nitrogen and oxygen atoms in total. The van der Waals surface area contributed by atoms with Crippen LogP contribution in [0.15, 0.2) is 18.2 Å². The predicted octanol–water partition coefficient (Wildman–Crippen LogP) is 2.66. The summed E-state index contributed by atoms with van der Waals surface area (Å²) in [6, 6.07) is 5.04. The second-order valence-corrected chi connectivity index (χ2v) is 4.07. The molecule has 0 amide bonds. The van der Waals surface area contributed by atoms with Crippen molar-refractivity contribution < 1.29 is 9.50 Å². The van der Waals surface area contributed by atoms with Gasteiger partial charge in [-0.1, -0.05) is 25.0 Å². The quantitative estimate of drug-likeness (QED) is 0.781. The SMILES string of the molecule is OCc1cc(CCC2CC2)ccc1F. The van der Waals surface area contributed by atoms with Crippen LogP contribution in [0.4, 0.5) is 4.39 Å². The van der Waals surface area contributed by atoms with Crippen molar-refractivity contribution in [3.05, 3.63) is 35.1 Å². The molecule has 0 unspecified atom stereocenters. The molecule has 1 aliphatic carbocycles. The third kappa shape index (κ3) is 2.32. The molecular weight excluding hydrogens is 179 g/mol. The van der Waals surface area contributed by atoms with Crippen LogP contribution in [0.25, 0.3) is 0 Å². The van der Waals surface area contributed by atoms with Gasteiger partial charge in [-0.3, -0.25) is 0 Å². The second-order valence-electron chi connectivity index (χ2n) is 4.07. The first kappa shape index (κ1) is 9.66. The van der Waals surface area contributed by atoms with Crippen LogP contribution in [0.3, 0.4) is 0 Å². The van der Waals surface area contributed by atoms with Crippen molar-refractivity contribution in [3.63, 3.8) is 0 Å². The van der Waals surface area contributed by atoms with Crippen LogP contribution in [0, 0.1) is 11.7 Å². The Kier molecular flexibility index (Phi) is 2.82. The molecule has 1 aromatic carbocycles. The second kappa shape index (κ2) is 4.09. The summed E-state index contributed by atoms with van der Waals surface area (Å²) in [4.78, 5) is 0. The molecule has 0 saturated heterocycles. The minimum atomic E-state index is -0.303. The summed E-state index contributed by atoms with van der Waals surface area (Å²) in [6.07, 6.45) is 4.93. The van der Waals surface area contributed by atoms with E-state index in [9.17, 15) is 4.39 Å². The van der Waals surface area contributed by atoms with Crippen molar-refractivity contribution >= 4 is 0 Å². The Labute approximate surface area is 83.6 Å². The Hall–Kier alpha value is -0.890. The molecule has 2 rings (SSSR count). The molecule has 0 spiro atoms. The molecule has 1 saturated carbocycles. The fourth-order valence-electron chi connectivity index (χ4n) is 1.68. The van der Waals surface area contributed by atoms with Gasteiger partial charge in [-0.25, -0.2) is 4.39 Å². The summed E-state index contributed by atoms with van der Waals surface area (Å²) < 4.78 is 13.0. The van der Waals surface area contributed by atoms with E-state index in [0.29, 0.717) is 5.56 Å². The Balaban J connectivity index is 2.01. The lowest BCUT2D eigenvalue weighted by atomic mass is 10.0. The summed E-state index contributed by atoms with van der Waals surface area (Å²) in [5, 5.41) is 8.89. The molecule has 2 heteroatoms. The van der Waals surface area contributed by atoms with Gasteiger partial charge in [-0.05, 0) is 30.4 Å². The van der Waals surface area contributed by atoms with Crippen LogP contribution in [0.1, 0.15) is 30.4 Å².